The SMILES string of the molecule is N#Cc1ccc(-n2c3ccccc3c3c4c5ccccc5n(-c5ccc(F)cc5)c4ccc32)c(C#N)c1. The van der Waals surface area contributed by atoms with Crippen molar-refractivity contribution in [2.45, 2.75) is 0 Å². The van der Waals surface area contributed by atoms with E-state index in [-0.39, 0.29) is 5.82 Å². The van der Waals surface area contributed by atoms with Crippen LogP contribution in [-0.2, 0) is 0 Å². The van der Waals surface area contributed by atoms with Crippen molar-refractivity contribution < 1.29 is 4.39 Å². The zero-order valence-electron chi connectivity index (χ0n) is 19.5. The Labute approximate surface area is 211 Å². The van der Waals surface area contributed by atoms with Crippen LogP contribution >= 0.6 is 0 Å². The number of hydrogen-bond donors (Lipinski definition) is 0. The summed E-state index contributed by atoms with van der Waals surface area (Å²) in [6.07, 6.45) is 0. The maximum atomic E-state index is 13.8. The van der Waals surface area contributed by atoms with Crippen molar-refractivity contribution in [3.63, 3.8) is 0 Å². The maximum Gasteiger partial charge on any atom is 0.123 e. The standard InChI is InChI=1S/C32H17FN4/c33-22-10-12-23(13-11-22)36-27-7-3-1-5-24(27)31-29(36)15-16-30-32(31)25-6-2-4-8-28(25)37(30)26-14-9-20(18-34)17-21(26)19-35/h1-17H. The summed E-state index contributed by atoms with van der Waals surface area (Å²) in [4.78, 5) is 0. The first-order valence-electron chi connectivity index (χ1n) is 11.9. The number of hydrogen-bond acceptors (Lipinski definition) is 2. The molecule has 7 rings (SSSR count). The van der Waals surface area contributed by atoms with Gasteiger partial charge >= 0.3 is 0 Å². The molecule has 0 unspecified atom stereocenters. The van der Waals surface area contributed by atoms with Crippen LogP contribution in [0.15, 0.2) is 103 Å². The lowest BCUT2D eigenvalue weighted by molar-refractivity contribution is 0.627. The highest BCUT2D eigenvalue weighted by atomic mass is 19.1. The van der Waals surface area contributed by atoms with E-state index in [1.165, 1.54) is 12.1 Å². The zero-order valence-corrected chi connectivity index (χ0v) is 19.5. The third-order valence-electron chi connectivity index (χ3n) is 7.04. The zero-order chi connectivity index (χ0) is 25.1. The largest absolute Gasteiger partial charge is 0.309 e. The highest BCUT2D eigenvalue weighted by molar-refractivity contribution is 6.28. The summed E-state index contributed by atoms with van der Waals surface area (Å²) < 4.78 is 18.0. The molecule has 4 nitrogen and oxygen atoms in total. The number of nitriles is 2. The molecule has 2 aromatic heterocycles. The molecule has 0 saturated heterocycles. The molecule has 37 heavy (non-hydrogen) atoms. The van der Waals surface area contributed by atoms with E-state index in [1.807, 2.05) is 30.3 Å². The van der Waals surface area contributed by atoms with Crippen LogP contribution in [0.3, 0.4) is 0 Å². The van der Waals surface area contributed by atoms with Crippen LogP contribution in [0.2, 0.25) is 0 Å². The fourth-order valence-electron chi connectivity index (χ4n) is 5.54. The summed E-state index contributed by atoms with van der Waals surface area (Å²) in [5.74, 6) is -0.273. The van der Waals surface area contributed by atoms with Gasteiger partial charge in [0, 0.05) is 27.2 Å². The minimum Gasteiger partial charge on any atom is -0.309 e. The summed E-state index contributed by atoms with van der Waals surface area (Å²) >= 11 is 0. The molecule has 0 aliphatic heterocycles. The van der Waals surface area contributed by atoms with E-state index in [0.29, 0.717) is 11.1 Å². The van der Waals surface area contributed by atoms with Crippen LogP contribution in [-0.4, -0.2) is 9.13 Å². The number of halogens is 1. The quantitative estimate of drug-likeness (QED) is 0.256. The Morgan fingerprint density at radius 2 is 1.16 bits per heavy atom. The van der Waals surface area contributed by atoms with Crippen molar-refractivity contribution in [2.75, 3.05) is 0 Å². The number of para-hydroxylation sites is 2. The van der Waals surface area contributed by atoms with Gasteiger partial charge in [-0.2, -0.15) is 10.5 Å². The molecular weight excluding hydrogens is 459 g/mol. The molecule has 0 N–H and O–H groups in total. The van der Waals surface area contributed by atoms with Gasteiger partial charge in [0.2, 0.25) is 0 Å². The van der Waals surface area contributed by atoms with E-state index in [9.17, 15) is 14.9 Å². The number of rotatable bonds is 2. The number of nitrogens with zero attached hydrogens (tertiary/aromatic N) is 4. The number of aromatic nitrogens is 2. The lowest BCUT2D eigenvalue weighted by Gasteiger charge is -2.11. The molecule has 0 bridgehead atoms. The van der Waals surface area contributed by atoms with Crippen LogP contribution < -0.4 is 0 Å². The molecule has 2 heterocycles. The van der Waals surface area contributed by atoms with E-state index < -0.39 is 0 Å². The second kappa shape index (κ2) is 7.81. The normalized spacial score (nSPS) is 11.3. The molecule has 0 aliphatic carbocycles. The first-order valence-corrected chi connectivity index (χ1v) is 11.9. The van der Waals surface area contributed by atoms with E-state index >= 15 is 0 Å². The molecule has 5 aromatic carbocycles. The number of benzene rings is 5. The molecular formula is C32H17FN4. The summed E-state index contributed by atoms with van der Waals surface area (Å²) in [5.41, 5.74) is 6.50. The van der Waals surface area contributed by atoms with Crippen molar-refractivity contribution in [3.05, 3.63) is 120 Å². The molecule has 0 saturated carbocycles. The first-order chi connectivity index (χ1) is 18.2. The van der Waals surface area contributed by atoms with Gasteiger partial charge in [-0.05, 0) is 66.7 Å². The van der Waals surface area contributed by atoms with Gasteiger partial charge in [-0.25, -0.2) is 4.39 Å². The van der Waals surface area contributed by atoms with E-state index in [1.54, 1.807) is 24.3 Å². The molecule has 7 aromatic rings. The summed E-state index contributed by atoms with van der Waals surface area (Å²) in [6, 6.07) is 36.8. The van der Waals surface area contributed by atoms with Gasteiger partial charge in [0.05, 0.1) is 45.0 Å². The monoisotopic (exact) mass is 476 g/mol. The van der Waals surface area contributed by atoms with Crippen LogP contribution in [0.5, 0.6) is 0 Å². The minimum atomic E-state index is -0.273. The van der Waals surface area contributed by atoms with Gasteiger partial charge in [0.1, 0.15) is 11.9 Å². The van der Waals surface area contributed by atoms with Crippen molar-refractivity contribution in [3.8, 4) is 23.5 Å². The first kappa shape index (κ1) is 20.9. The van der Waals surface area contributed by atoms with Crippen molar-refractivity contribution in [2.24, 2.45) is 0 Å². The Morgan fingerprint density at radius 3 is 1.78 bits per heavy atom. The minimum absolute atomic E-state index is 0.273. The molecule has 172 valence electrons. The third-order valence-corrected chi connectivity index (χ3v) is 7.04. The van der Waals surface area contributed by atoms with Gasteiger partial charge in [-0.1, -0.05) is 36.4 Å². The van der Waals surface area contributed by atoms with E-state index in [2.05, 4.69) is 57.7 Å². The fourth-order valence-corrected chi connectivity index (χ4v) is 5.54. The van der Waals surface area contributed by atoms with Crippen molar-refractivity contribution in [1.29, 1.82) is 10.5 Å². The molecule has 5 heteroatoms. The molecule has 0 radical (unpaired) electrons. The number of fused-ring (bicyclic) bond motifs is 7. The average molecular weight is 477 g/mol. The van der Waals surface area contributed by atoms with Gasteiger partial charge in [0.25, 0.3) is 0 Å². The Kier molecular flexibility index (Phi) is 4.42. The van der Waals surface area contributed by atoms with Gasteiger partial charge in [0.15, 0.2) is 0 Å². The van der Waals surface area contributed by atoms with Gasteiger partial charge < -0.3 is 9.13 Å². The topological polar surface area (TPSA) is 57.4 Å². The Hall–Kier alpha value is -5.39. The predicted octanol–water partition coefficient (Wildman–Crippen LogP) is 7.76. The average Bonchev–Trinajstić information content (AvgIpc) is 3.46. The van der Waals surface area contributed by atoms with Crippen LogP contribution in [0.4, 0.5) is 4.39 Å². The Bertz CT molecular complexity index is 2120. The Morgan fingerprint density at radius 1 is 0.568 bits per heavy atom. The van der Waals surface area contributed by atoms with Crippen LogP contribution in [0.1, 0.15) is 11.1 Å². The molecule has 0 fully saturated rings. The van der Waals surface area contributed by atoms with Gasteiger partial charge in [-0.15, -0.1) is 0 Å². The predicted molar refractivity (Wildman–Crippen MR) is 145 cm³/mol. The lowest BCUT2D eigenvalue weighted by atomic mass is 10.1. The van der Waals surface area contributed by atoms with Crippen molar-refractivity contribution >= 4 is 43.6 Å². The summed E-state index contributed by atoms with van der Waals surface area (Å²) in [6.45, 7) is 0. The molecule has 0 spiro atoms. The smallest absolute Gasteiger partial charge is 0.123 e. The second-order valence-corrected chi connectivity index (χ2v) is 8.99. The lowest BCUT2D eigenvalue weighted by Crippen LogP contribution is -1.98. The summed E-state index contributed by atoms with van der Waals surface area (Å²) in [5, 5.41) is 23.6. The second-order valence-electron chi connectivity index (χ2n) is 8.99. The third kappa shape index (κ3) is 2.92. The van der Waals surface area contributed by atoms with E-state index in [0.717, 1.165) is 55.0 Å². The summed E-state index contributed by atoms with van der Waals surface area (Å²) in [7, 11) is 0. The molecule has 0 aliphatic rings. The Balaban J connectivity index is 1.68. The van der Waals surface area contributed by atoms with E-state index in [4.69, 9.17) is 0 Å². The fraction of sp³-hybridized carbons (Fsp3) is 0. The highest BCUT2D eigenvalue weighted by Gasteiger charge is 2.21. The molecule has 0 amide bonds. The van der Waals surface area contributed by atoms with Crippen molar-refractivity contribution in [1.82, 2.24) is 9.13 Å². The highest BCUT2D eigenvalue weighted by Crippen LogP contribution is 2.42. The molecule has 0 atom stereocenters. The van der Waals surface area contributed by atoms with Gasteiger partial charge in [-0.3, -0.25) is 0 Å². The maximum absolute atomic E-state index is 13.8. The van der Waals surface area contributed by atoms with Crippen LogP contribution in [0.25, 0.3) is 55.0 Å². The van der Waals surface area contributed by atoms with Crippen LogP contribution in [0, 0.1) is 28.5 Å².